The molecule has 0 unspecified atom stereocenters. The highest BCUT2D eigenvalue weighted by molar-refractivity contribution is 6.30. The number of rotatable bonds is 3. The maximum atomic E-state index is 12.9. The highest BCUT2D eigenvalue weighted by atomic mass is 35.5. The average molecular weight is 369 g/mol. The second kappa shape index (κ2) is 6.48. The summed E-state index contributed by atoms with van der Waals surface area (Å²) < 4.78 is 5.47. The summed E-state index contributed by atoms with van der Waals surface area (Å²) in [5.41, 5.74) is 4.15. The van der Waals surface area contributed by atoms with Crippen LogP contribution >= 0.6 is 11.6 Å². The number of hydrogen-bond acceptors (Lipinski definition) is 3. The Labute approximate surface area is 158 Å². The summed E-state index contributed by atoms with van der Waals surface area (Å²) in [5.74, 6) is 1.21. The quantitative estimate of drug-likeness (QED) is 0.767. The smallest absolute Gasteiger partial charge is 0.169 e. The van der Waals surface area contributed by atoms with E-state index in [0.717, 1.165) is 41.5 Å². The predicted octanol–water partition coefficient (Wildman–Crippen LogP) is 5.59. The number of Topliss-reactive ketones (excluding diaryl/α,β-unsaturated/α-hetero) is 1. The molecule has 2 bridgehead atoms. The first-order chi connectivity index (χ1) is 12.5. The summed E-state index contributed by atoms with van der Waals surface area (Å²) in [4.78, 5) is 12.9. The summed E-state index contributed by atoms with van der Waals surface area (Å²) in [7, 11) is 1.61. The number of benzene rings is 2. The van der Waals surface area contributed by atoms with Crippen LogP contribution in [0.3, 0.4) is 0 Å². The molecule has 4 rings (SSSR count). The molecular formula is C22H21ClO3. The van der Waals surface area contributed by atoms with Crippen LogP contribution in [0.4, 0.5) is 0 Å². The number of aliphatic hydroxyl groups is 1. The third kappa shape index (κ3) is 2.71. The molecule has 2 aromatic rings. The fraction of sp³-hybridized carbons (Fsp3) is 0.318. The van der Waals surface area contributed by atoms with E-state index >= 15 is 0 Å². The summed E-state index contributed by atoms with van der Waals surface area (Å²) >= 11 is 6.07. The maximum absolute atomic E-state index is 12.9. The van der Waals surface area contributed by atoms with Gasteiger partial charge in [0.2, 0.25) is 0 Å². The van der Waals surface area contributed by atoms with E-state index < -0.39 is 0 Å². The summed E-state index contributed by atoms with van der Waals surface area (Å²) in [6, 6.07) is 11.5. The number of halogens is 1. The van der Waals surface area contributed by atoms with Crippen LogP contribution in [0.2, 0.25) is 5.02 Å². The van der Waals surface area contributed by atoms with Gasteiger partial charge in [-0.15, -0.1) is 0 Å². The molecule has 1 N–H and O–H groups in total. The first-order valence-corrected chi connectivity index (χ1v) is 9.29. The lowest BCUT2D eigenvalue weighted by Gasteiger charge is -2.23. The minimum absolute atomic E-state index is 0.0547. The molecule has 2 atom stereocenters. The Morgan fingerprint density at radius 2 is 1.85 bits per heavy atom. The molecule has 0 spiro atoms. The molecule has 1 fully saturated rings. The van der Waals surface area contributed by atoms with Crippen molar-refractivity contribution in [3.05, 3.63) is 58.3 Å². The minimum atomic E-state index is 0.0547. The van der Waals surface area contributed by atoms with Gasteiger partial charge in [0.1, 0.15) is 11.5 Å². The van der Waals surface area contributed by atoms with Gasteiger partial charge in [-0.3, -0.25) is 4.79 Å². The van der Waals surface area contributed by atoms with Gasteiger partial charge in [0.05, 0.1) is 12.7 Å². The van der Waals surface area contributed by atoms with Crippen LogP contribution in [-0.4, -0.2) is 18.0 Å². The van der Waals surface area contributed by atoms with E-state index in [4.69, 9.17) is 16.3 Å². The van der Waals surface area contributed by atoms with E-state index in [0.29, 0.717) is 16.3 Å². The average Bonchev–Trinajstić information content (AvgIpc) is 3.09. The van der Waals surface area contributed by atoms with Gasteiger partial charge in [0, 0.05) is 22.4 Å². The van der Waals surface area contributed by atoms with Crippen molar-refractivity contribution >= 4 is 23.0 Å². The Hall–Kier alpha value is -2.26. The zero-order valence-electron chi connectivity index (χ0n) is 14.9. The normalized spacial score (nSPS) is 22.0. The molecule has 0 amide bonds. The van der Waals surface area contributed by atoms with Crippen LogP contribution in [0.15, 0.2) is 42.2 Å². The molecule has 134 valence electrons. The lowest BCUT2D eigenvalue weighted by atomic mass is 9.81. The molecule has 3 nitrogen and oxygen atoms in total. The van der Waals surface area contributed by atoms with Gasteiger partial charge in [0.25, 0.3) is 0 Å². The second-order valence-corrected chi connectivity index (χ2v) is 7.64. The standard InChI is InChI=1S/C22H21ClO3/c1-12-3-4-13(17-8-7-16(23)11-19(17)26-2)10-18(12)20-21(24)14-5-6-15(9-14)22(20)25/h3-4,7-8,10-11,14-15,24H,5-6,9H2,1-2H3/t14-,15+/m1/s1. The molecule has 1 saturated carbocycles. The Kier molecular flexibility index (Phi) is 4.28. The van der Waals surface area contributed by atoms with Crippen molar-refractivity contribution in [1.82, 2.24) is 0 Å². The molecule has 2 aliphatic carbocycles. The topological polar surface area (TPSA) is 46.5 Å². The summed E-state index contributed by atoms with van der Waals surface area (Å²) in [6.45, 7) is 1.97. The Morgan fingerprint density at radius 1 is 1.08 bits per heavy atom. The molecule has 0 saturated heterocycles. The number of carbonyl (C=O) groups excluding carboxylic acids is 1. The maximum Gasteiger partial charge on any atom is 0.169 e. The Morgan fingerprint density at radius 3 is 2.62 bits per heavy atom. The van der Waals surface area contributed by atoms with Crippen molar-refractivity contribution in [2.45, 2.75) is 26.2 Å². The number of allylic oxidation sites excluding steroid dienone is 2. The van der Waals surface area contributed by atoms with E-state index in [1.165, 1.54) is 0 Å². The van der Waals surface area contributed by atoms with Crippen LogP contribution in [0, 0.1) is 18.8 Å². The lowest BCUT2D eigenvalue weighted by molar-refractivity contribution is -0.117. The molecule has 0 radical (unpaired) electrons. The van der Waals surface area contributed by atoms with Crippen LogP contribution in [0.5, 0.6) is 5.75 Å². The van der Waals surface area contributed by atoms with E-state index in [9.17, 15) is 9.90 Å². The molecule has 0 aromatic heterocycles. The molecule has 0 heterocycles. The number of carbonyl (C=O) groups is 1. The Balaban J connectivity index is 1.86. The molecule has 4 heteroatoms. The highest BCUT2D eigenvalue weighted by Crippen LogP contribution is 2.46. The van der Waals surface area contributed by atoms with Crippen molar-refractivity contribution in [3.8, 4) is 16.9 Å². The summed E-state index contributed by atoms with van der Waals surface area (Å²) in [5, 5.41) is 11.3. The van der Waals surface area contributed by atoms with Crippen LogP contribution in [0.1, 0.15) is 30.4 Å². The van der Waals surface area contributed by atoms with E-state index in [1.807, 2.05) is 37.3 Å². The SMILES string of the molecule is COc1cc(Cl)ccc1-c1ccc(C)c(C2=C(O)[C@@H]3CC[C@@H](C3)C2=O)c1. The van der Waals surface area contributed by atoms with Gasteiger partial charge < -0.3 is 9.84 Å². The molecular weight excluding hydrogens is 348 g/mol. The van der Waals surface area contributed by atoms with Gasteiger partial charge in [-0.2, -0.15) is 0 Å². The zero-order valence-corrected chi connectivity index (χ0v) is 15.6. The zero-order chi connectivity index (χ0) is 18.4. The van der Waals surface area contributed by atoms with Crippen LogP contribution in [-0.2, 0) is 4.79 Å². The van der Waals surface area contributed by atoms with Crippen molar-refractivity contribution in [3.63, 3.8) is 0 Å². The van der Waals surface area contributed by atoms with Crippen LogP contribution in [0.25, 0.3) is 16.7 Å². The number of hydrogen-bond donors (Lipinski definition) is 1. The largest absolute Gasteiger partial charge is 0.511 e. The van der Waals surface area contributed by atoms with Gasteiger partial charge in [-0.25, -0.2) is 0 Å². The fourth-order valence-corrected chi connectivity index (χ4v) is 4.40. The van der Waals surface area contributed by atoms with Crippen molar-refractivity contribution in [2.75, 3.05) is 7.11 Å². The summed E-state index contributed by atoms with van der Waals surface area (Å²) in [6.07, 6.45) is 2.56. The van der Waals surface area contributed by atoms with Crippen molar-refractivity contribution in [2.24, 2.45) is 11.8 Å². The van der Waals surface area contributed by atoms with Gasteiger partial charge in [-0.05, 0) is 67.1 Å². The second-order valence-electron chi connectivity index (χ2n) is 7.21. The molecule has 0 aliphatic heterocycles. The number of ketones is 1. The van der Waals surface area contributed by atoms with E-state index in [1.54, 1.807) is 13.2 Å². The van der Waals surface area contributed by atoms with Gasteiger partial charge in [-0.1, -0.05) is 23.7 Å². The number of fused-ring (bicyclic) bond motifs is 2. The predicted molar refractivity (Wildman–Crippen MR) is 104 cm³/mol. The van der Waals surface area contributed by atoms with Crippen LogP contribution < -0.4 is 4.74 Å². The third-order valence-corrected chi connectivity index (χ3v) is 5.91. The molecule has 2 aromatic carbocycles. The van der Waals surface area contributed by atoms with E-state index in [-0.39, 0.29) is 23.4 Å². The first-order valence-electron chi connectivity index (χ1n) is 8.92. The highest BCUT2D eigenvalue weighted by Gasteiger charge is 2.41. The van der Waals surface area contributed by atoms with Crippen molar-refractivity contribution in [1.29, 1.82) is 0 Å². The number of aryl methyl sites for hydroxylation is 1. The van der Waals surface area contributed by atoms with Gasteiger partial charge in [0.15, 0.2) is 5.78 Å². The van der Waals surface area contributed by atoms with Crippen molar-refractivity contribution < 1.29 is 14.6 Å². The fourth-order valence-electron chi connectivity index (χ4n) is 4.24. The van der Waals surface area contributed by atoms with E-state index in [2.05, 4.69) is 0 Å². The third-order valence-electron chi connectivity index (χ3n) is 5.67. The first kappa shape index (κ1) is 17.2. The number of ether oxygens (including phenoxy) is 1. The van der Waals surface area contributed by atoms with Gasteiger partial charge >= 0.3 is 0 Å². The molecule has 26 heavy (non-hydrogen) atoms. The minimum Gasteiger partial charge on any atom is -0.511 e. The number of methoxy groups -OCH3 is 1. The Bertz CT molecular complexity index is 929. The number of aliphatic hydroxyl groups excluding tert-OH is 1. The monoisotopic (exact) mass is 368 g/mol. The molecule has 2 aliphatic rings. The lowest BCUT2D eigenvalue weighted by Crippen LogP contribution is -2.21.